The zero-order chi connectivity index (χ0) is 30.5. The lowest BCUT2D eigenvalue weighted by atomic mass is 9.63. The van der Waals surface area contributed by atoms with E-state index in [0.717, 1.165) is 42.5 Å². The summed E-state index contributed by atoms with van der Waals surface area (Å²) in [5.74, 6) is -0.753. The highest BCUT2D eigenvalue weighted by Crippen LogP contribution is 2.58. The fourth-order valence-corrected chi connectivity index (χ4v) is 7.32. The third kappa shape index (κ3) is 4.50. The van der Waals surface area contributed by atoms with Crippen LogP contribution in [0, 0.1) is 11.3 Å². The highest BCUT2D eigenvalue weighted by Gasteiger charge is 2.70. The van der Waals surface area contributed by atoms with E-state index in [1.807, 2.05) is 105 Å². The second-order valence-electron chi connectivity index (χ2n) is 13.1. The van der Waals surface area contributed by atoms with Gasteiger partial charge in [0.05, 0.1) is 19.1 Å². The van der Waals surface area contributed by atoms with Crippen molar-refractivity contribution in [2.24, 2.45) is 11.3 Å². The second kappa shape index (κ2) is 10.8. The number of rotatable bonds is 8. The summed E-state index contributed by atoms with van der Waals surface area (Å²) in [6, 6.07) is 19.7. The van der Waals surface area contributed by atoms with E-state index in [4.69, 9.17) is 4.74 Å². The quantitative estimate of drug-likeness (QED) is 0.231. The van der Waals surface area contributed by atoms with E-state index in [1.54, 1.807) is 7.11 Å². The molecule has 1 amide bonds. The number of para-hydroxylation sites is 1. The minimum Gasteiger partial charge on any atom is -0.497 e. The first-order chi connectivity index (χ1) is 20.6. The Kier molecular flexibility index (Phi) is 7.27. The molecule has 3 aliphatic rings. The van der Waals surface area contributed by atoms with Crippen LogP contribution in [0.4, 0.5) is 11.4 Å². The van der Waals surface area contributed by atoms with Gasteiger partial charge in [-0.05, 0) is 48.2 Å². The summed E-state index contributed by atoms with van der Waals surface area (Å²) in [6.45, 7) is 7.85. The van der Waals surface area contributed by atoms with Crippen LogP contribution in [-0.2, 0) is 21.4 Å². The maximum atomic E-state index is 14.9. The normalized spacial score (nSPS) is 23.5. The molecule has 0 aromatic heterocycles. The summed E-state index contributed by atoms with van der Waals surface area (Å²) < 4.78 is 5.50. The molecule has 0 saturated carbocycles. The lowest BCUT2D eigenvalue weighted by Gasteiger charge is -2.38. The number of benzene rings is 3. The predicted molar refractivity (Wildman–Crippen MR) is 171 cm³/mol. The van der Waals surface area contributed by atoms with Gasteiger partial charge in [0.25, 0.3) is 0 Å². The van der Waals surface area contributed by atoms with Crippen LogP contribution in [0.5, 0.6) is 5.75 Å². The van der Waals surface area contributed by atoms with Crippen LogP contribution >= 0.6 is 0 Å². The summed E-state index contributed by atoms with van der Waals surface area (Å²) in [5.41, 5.74) is 2.79. The topological polar surface area (TPSA) is 75.7 Å². The molecule has 6 heteroatoms. The Hall–Kier alpha value is -4.19. The molecule has 1 N–H and O–H groups in total. The Balaban J connectivity index is 1.57. The van der Waals surface area contributed by atoms with Gasteiger partial charge in [-0.2, -0.15) is 0 Å². The summed E-state index contributed by atoms with van der Waals surface area (Å²) >= 11 is 0. The minimum absolute atomic E-state index is 0.0711. The van der Waals surface area contributed by atoms with Crippen LogP contribution in [0.1, 0.15) is 74.0 Å². The van der Waals surface area contributed by atoms with Crippen molar-refractivity contribution in [1.29, 1.82) is 0 Å². The number of hydrogen-bond acceptors (Lipinski definition) is 5. The van der Waals surface area contributed by atoms with E-state index in [-0.39, 0.29) is 17.5 Å². The molecule has 0 bridgehead atoms. The number of aryl methyl sites for hydroxylation is 1. The molecule has 3 heterocycles. The fraction of sp³-hybridized carbons (Fsp3) is 0.378. The summed E-state index contributed by atoms with van der Waals surface area (Å²) in [5, 5.41) is 3.09. The Bertz CT molecular complexity index is 1620. The number of amides is 1. The number of Topliss-reactive ketones (excluding diaryl/α,β-unsaturated/α-hetero) is 2. The van der Waals surface area contributed by atoms with Crippen LogP contribution in [-0.4, -0.2) is 36.7 Å². The molecule has 1 spiro atoms. The Morgan fingerprint density at radius 2 is 1.74 bits per heavy atom. The minimum atomic E-state index is -1.30. The molecule has 222 valence electrons. The number of unbranched alkanes of at least 4 members (excludes halogenated alkanes) is 2. The molecule has 6 nitrogen and oxygen atoms in total. The van der Waals surface area contributed by atoms with Crippen LogP contribution in [0.3, 0.4) is 0 Å². The highest BCUT2D eigenvalue weighted by molar-refractivity contribution is 6.17. The maximum absolute atomic E-state index is 14.9. The molecule has 3 aromatic rings. The van der Waals surface area contributed by atoms with Crippen molar-refractivity contribution in [3.8, 4) is 5.75 Å². The molecule has 6 rings (SSSR count). The third-order valence-corrected chi connectivity index (χ3v) is 9.44. The maximum Gasteiger partial charge on any atom is 0.238 e. The van der Waals surface area contributed by atoms with Crippen LogP contribution in [0.25, 0.3) is 6.08 Å². The van der Waals surface area contributed by atoms with Crippen molar-refractivity contribution in [3.63, 3.8) is 0 Å². The van der Waals surface area contributed by atoms with Crippen molar-refractivity contribution in [2.45, 2.75) is 70.9 Å². The molecule has 3 aliphatic heterocycles. The number of nitrogens with zero attached hydrogens (tertiary/aromatic N) is 1. The van der Waals surface area contributed by atoms with E-state index in [1.165, 1.54) is 5.56 Å². The SMILES string of the molecule is CCCCCc1ccc(C(=O)[C@H]2[C@@H](C(=O)C(C)(C)C)N3c4ccc(OC)cc4C=C[C@@H]3[C@]23C(=O)Nc2ccccc23)cc1. The summed E-state index contributed by atoms with van der Waals surface area (Å²) in [6.07, 6.45) is 8.35. The lowest BCUT2D eigenvalue weighted by Crippen LogP contribution is -2.51. The number of carbonyl (C=O) groups is 3. The van der Waals surface area contributed by atoms with Crippen molar-refractivity contribution in [2.75, 3.05) is 17.3 Å². The number of fused-ring (bicyclic) bond motifs is 6. The molecule has 1 fully saturated rings. The van der Waals surface area contributed by atoms with Gasteiger partial charge in [0.2, 0.25) is 5.91 Å². The molecule has 0 aliphatic carbocycles. The fourth-order valence-electron chi connectivity index (χ4n) is 7.32. The first-order valence-electron chi connectivity index (χ1n) is 15.4. The average molecular weight is 577 g/mol. The second-order valence-corrected chi connectivity index (χ2v) is 13.1. The van der Waals surface area contributed by atoms with Crippen molar-refractivity contribution < 1.29 is 19.1 Å². The largest absolute Gasteiger partial charge is 0.497 e. The van der Waals surface area contributed by atoms with Gasteiger partial charge in [-0.1, -0.05) is 95.2 Å². The molecule has 0 unspecified atom stereocenters. The van der Waals surface area contributed by atoms with Gasteiger partial charge >= 0.3 is 0 Å². The van der Waals surface area contributed by atoms with Crippen molar-refractivity contribution in [1.82, 2.24) is 0 Å². The van der Waals surface area contributed by atoms with Gasteiger partial charge in [-0.15, -0.1) is 0 Å². The van der Waals surface area contributed by atoms with Crippen LogP contribution in [0.15, 0.2) is 72.8 Å². The van der Waals surface area contributed by atoms with E-state index >= 15 is 0 Å². The smallest absolute Gasteiger partial charge is 0.238 e. The molecular formula is C37H40N2O4. The number of nitrogens with one attached hydrogen (secondary N) is 1. The van der Waals surface area contributed by atoms with Gasteiger partial charge < -0.3 is 15.0 Å². The Morgan fingerprint density at radius 3 is 2.44 bits per heavy atom. The van der Waals surface area contributed by atoms with Crippen molar-refractivity contribution >= 4 is 34.9 Å². The molecule has 3 aromatic carbocycles. The molecule has 1 saturated heterocycles. The van der Waals surface area contributed by atoms with Crippen LogP contribution in [0.2, 0.25) is 0 Å². The van der Waals surface area contributed by atoms with Crippen LogP contribution < -0.4 is 15.0 Å². The lowest BCUT2D eigenvalue weighted by molar-refractivity contribution is -0.128. The van der Waals surface area contributed by atoms with Gasteiger partial charge in [0.15, 0.2) is 11.6 Å². The number of ketones is 2. The van der Waals surface area contributed by atoms with Gasteiger partial charge in [-0.25, -0.2) is 0 Å². The van der Waals surface area contributed by atoms with E-state index in [2.05, 4.69) is 12.2 Å². The zero-order valence-corrected chi connectivity index (χ0v) is 25.6. The third-order valence-electron chi connectivity index (χ3n) is 9.44. The Labute approximate surface area is 254 Å². The Morgan fingerprint density at radius 1 is 1.00 bits per heavy atom. The van der Waals surface area contributed by atoms with E-state index in [0.29, 0.717) is 17.0 Å². The average Bonchev–Trinajstić information content (AvgIpc) is 3.48. The highest BCUT2D eigenvalue weighted by atomic mass is 16.5. The van der Waals surface area contributed by atoms with Gasteiger partial charge in [0, 0.05) is 27.9 Å². The van der Waals surface area contributed by atoms with E-state index < -0.39 is 28.8 Å². The van der Waals surface area contributed by atoms with E-state index in [9.17, 15) is 14.4 Å². The predicted octanol–water partition coefficient (Wildman–Crippen LogP) is 7.02. The number of hydrogen-bond donors (Lipinski definition) is 1. The summed E-state index contributed by atoms with van der Waals surface area (Å²) in [7, 11) is 1.62. The van der Waals surface area contributed by atoms with Crippen molar-refractivity contribution in [3.05, 3.63) is 95.1 Å². The number of carbonyl (C=O) groups excluding carboxylic acids is 3. The van der Waals surface area contributed by atoms with Gasteiger partial charge in [-0.3, -0.25) is 14.4 Å². The summed E-state index contributed by atoms with van der Waals surface area (Å²) in [4.78, 5) is 46.0. The first-order valence-corrected chi connectivity index (χ1v) is 15.4. The number of anilines is 2. The number of ether oxygens (including phenoxy) is 1. The molecule has 43 heavy (non-hydrogen) atoms. The monoisotopic (exact) mass is 576 g/mol. The molecule has 0 radical (unpaired) electrons. The molecule has 4 atom stereocenters. The number of methoxy groups -OCH3 is 1. The first kappa shape index (κ1) is 28.9. The zero-order valence-electron chi connectivity index (χ0n) is 25.6. The van der Waals surface area contributed by atoms with Gasteiger partial charge in [0.1, 0.15) is 17.2 Å². The molecular weight excluding hydrogens is 536 g/mol. The standard InChI is InChI=1S/C37H40N2O4/c1-6-7-8-11-23-14-16-24(17-15-23)33(40)31-32(34(41)36(2,3)4)39-29-20-19-26(43-5)22-25(29)18-21-30(39)37(31)27-12-9-10-13-28(27)38-35(37)42/h9-10,12-22,30-32H,6-8,11H2,1-5H3,(H,38,42)/t30-,31-,32+,37+/m1/s1.